The molecule has 158 valence electrons. The van der Waals surface area contributed by atoms with Crippen molar-refractivity contribution in [3.63, 3.8) is 0 Å². The van der Waals surface area contributed by atoms with Gasteiger partial charge in [-0.1, -0.05) is 29.5 Å². The number of amides is 2. The van der Waals surface area contributed by atoms with Crippen molar-refractivity contribution in [2.75, 3.05) is 23.3 Å². The molecule has 30 heavy (non-hydrogen) atoms. The molecule has 4 rings (SSSR count). The zero-order valence-corrected chi connectivity index (χ0v) is 18.0. The highest BCUT2D eigenvalue weighted by Gasteiger charge is 2.43. The average Bonchev–Trinajstić information content (AvgIpc) is 3.23. The van der Waals surface area contributed by atoms with Crippen LogP contribution in [-0.4, -0.2) is 46.1 Å². The van der Waals surface area contributed by atoms with Crippen LogP contribution >= 0.6 is 22.9 Å². The van der Waals surface area contributed by atoms with Gasteiger partial charge in [0.1, 0.15) is 5.15 Å². The number of rotatable bonds is 6. The summed E-state index contributed by atoms with van der Waals surface area (Å²) in [6.07, 6.45) is 3.78. The van der Waals surface area contributed by atoms with Gasteiger partial charge in [0.05, 0.1) is 16.9 Å². The Morgan fingerprint density at radius 2 is 2.00 bits per heavy atom. The summed E-state index contributed by atoms with van der Waals surface area (Å²) in [6, 6.07) is 1.83. The number of halogens is 1. The maximum absolute atomic E-state index is 11.5. The first-order valence-electron chi connectivity index (χ1n) is 9.59. The number of fused-ring (bicyclic) bond motifs is 2. The van der Waals surface area contributed by atoms with E-state index < -0.39 is 5.91 Å². The maximum Gasteiger partial charge on any atom is 0.264 e. The topological polar surface area (TPSA) is 126 Å². The molecular formula is C19H22ClN7O2S. The lowest BCUT2D eigenvalue weighted by Crippen LogP contribution is -2.52. The van der Waals surface area contributed by atoms with Crippen molar-refractivity contribution in [3.05, 3.63) is 29.7 Å². The molecule has 3 atom stereocenters. The van der Waals surface area contributed by atoms with Crippen LogP contribution in [0.3, 0.4) is 0 Å². The van der Waals surface area contributed by atoms with Crippen LogP contribution in [0.15, 0.2) is 24.5 Å². The Morgan fingerprint density at radius 1 is 1.30 bits per heavy atom. The highest BCUT2D eigenvalue weighted by molar-refractivity contribution is 7.18. The summed E-state index contributed by atoms with van der Waals surface area (Å²) in [4.78, 5) is 29.2. The average molecular weight is 448 g/mol. The Kier molecular flexibility index (Phi) is 5.61. The van der Waals surface area contributed by atoms with Gasteiger partial charge >= 0.3 is 0 Å². The van der Waals surface area contributed by atoms with Crippen LogP contribution in [0.25, 0.3) is 10.6 Å². The quantitative estimate of drug-likeness (QED) is 0.456. The predicted molar refractivity (Wildman–Crippen MR) is 116 cm³/mol. The molecule has 2 bridgehead atoms. The molecule has 1 aliphatic heterocycles. The first kappa shape index (κ1) is 20.5. The Morgan fingerprint density at radius 3 is 2.63 bits per heavy atom. The van der Waals surface area contributed by atoms with Gasteiger partial charge in [0.2, 0.25) is 11.0 Å². The van der Waals surface area contributed by atoms with Crippen molar-refractivity contribution in [2.45, 2.75) is 25.8 Å². The number of aromatic nitrogens is 3. The number of nitrogens with two attached hydrogens (primary N) is 1. The minimum atomic E-state index is -0.663. The van der Waals surface area contributed by atoms with Crippen LogP contribution < -0.4 is 21.3 Å². The lowest BCUT2D eigenvalue weighted by molar-refractivity contribution is -0.120. The van der Waals surface area contributed by atoms with Gasteiger partial charge < -0.3 is 21.3 Å². The summed E-state index contributed by atoms with van der Waals surface area (Å²) in [6.45, 7) is 6.86. The fourth-order valence-corrected chi connectivity index (χ4v) is 5.27. The monoisotopic (exact) mass is 447 g/mol. The minimum absolute atomic E-state index is 0.0244. The third-order valence-electron chi connectivity index (χ3n) is 5.57. The van der Waals surface area contributed by atoms with Crippen molar-refractivity contribution in [3.8, 4) is 10.6 Å². The Balaban J connectivity index is 1.55. The number of nitrogens with zero attached hydrogens (tertiary/aromatic N) is 4. The number of pyridine rings is 1. The molecule has 0 spiro atoms. The SMILES string of the molecule is C=C(Nc1cc(Cl)ncc1-c1nnc(N2C[C@H]3CC[C@@H](C2)[C@H]3NC(C)=O)s1)C(N)=O. The zero-order chi connectivity index (χ0) is 21.4. The summed E-state index contributed by atoms with van der Waals surface area (Å²) >= 11 is 7.46. The molecule has 0 unspecified atom stereocenters. The molecular weight excluding hydrogens is 426 g/mol. The second kappa shape index (κ2) is 8.19. The summed E-state index contributed by atoms with van der Waals surface area (Å²) < 4.78 is 0. The molecule has 11 heteroatoms. The minimum Gasteiger partial charge on any atom is -0.364 e. The van der Waals surface area contributed by atoms with E-state index in [1.165, 1.54) is 11.3 Å². The van der Waals surface area contributed by atoms with Crippen LogP contribution in [0.1, 0.15) is 19.8 Å². The van der Waals surface area contributed by atoms with E-state index in [0.29, 0.717) is 28.1 Å². The highest BCUT2D eigenvalue weighted by Crippen LogP contribution is 2.41. The zero-order valence-electron chi connectivity index (χ0n) is 16.4. The van der Waals surface area contributed by atoms with Crippen LogP contribution in [0.5, 0.6) is 0 Å². The molecule has 2 amide bonds. The Labute approximate surface area is 182 Å². The number of hydrogen-bond acceptors (Lipinski definition) is 8. The first-order chi connectivity index (χ1) is 14.3. The van der Waals surface area contributed by atoms with E-state index in [0.717, 1.165) is 31.1 Å². The van der Waals surface area contributed by atoms with Crippen molar-refractivity contribution >= 4 is 45.6 Å². The number of piperidine rings is 1. The molecule has 1 saturated carbocycles. The van der Waals surface area contributed by atoms with Crippen LogP contribution in [0.4, 0.5) is 10.8 Å². The summed E-state index contributed by atoms with van der Waals surface area (Å²) in [7, 11) is 0. The molecule has 2 fully saturated rings. The molecule has 2 aromatic rings. The van der Waals surface area contributed by atoms with Gasteiger partial charge in [0.25, 0.3) is 5.91 Å². The summed E-state index contributed by atoms with van der Waals surface area (Å²) in [5.41, 5.74) is 6.51. The van der Waals surface area contributed by atoms with E-state index in [1.807, 2.05) is 0 Å². The second-order valence-electron chi connectivity index (χ2n) is 7.64. The Bertz CT molecular complexity index is 997. The second-order valence-corrected chi connectivity index (χ2v) is 8.98. The number of primary amides is 1. The molecule has 1 saturated heterocycles. The van der Waals surface area contributed by atoms with Gasteiger partial charge in [-0.3, -0.25) is 9.59 Å². The van der Waals surface area contributed by atoms with Crippen LogP contribution in [0.2, 0.25) is 5.15 Å². The van der Waals surface area contributed by atoms with Crippen molar-refractivity contribution in [2.24, 2.45) is 17.6 Å². The van der Waals surface area contributed by atoms with E-state index in [1.54, 1.807) is 19.2 Å². The van der Waals surface area contributed by atoms with E-state index in [4.69, 9.17) is 17.3 Å². The summed E-state index contributed by atoms with van der Waals surface area (Å²) in [5.74, 6) is 0.183. The molecule has 3 heterocycles. The smallest absolute Gasteiger partial charge is 0.264 e. The lowest BCUT2D eigenvalue weighted by atomic mass is 9.92. The fraction of sp³-hybridized carbons (Fsp3) is 0.421. The van der Waals surface area contributed by atoms with Gasteiger partial charge in [-0.25, -0.2) is 4.98 Å². The molecule has 0 radical (unpaired) electrons. The Hall–Kier alpha value is -2.72. The third kappa shape index (κ3) is 4.10. The van der Waals surface area contributed by atoms with Gasteiger partial charge in [-0.2, -0.15) is 0 Å². The normalized spacial score (nSPS) is 22.6. The largest absolute Gasteiger partial charge is 0.364 e. The number of hydrogen-bond donors (Lipinski definition) is 3. The number of nitrogens with one attached hydrogen (secondary N) is 2. The number of carbonyl (C=O) groups excluding carboxylic acids is 2. The first-order valence-corrected chi connectivity index (χ1v) is 10.8. The highest BCUT2D eigenvalue weighted by atomic mass is 35.5. The molecule has 4 N–H and O–H groups in total. The van der Waals surface area contributed by atoms with Crippen LogP contribution in [-0.2, 0) is 9.59 Å². The molecule has 1 aliphatic carbocycles. The van der Waals surface area contributed by atoms with E-state index in [9.17, 15) is 9.59 Å². The van der Waals surface area contributed by atoms with E-state index in [-0.39, 0.29) is 22.8 Å². The van der Waals surface area contributed by atoms with Gasteiger partial charge in [0.15, 0.2) is 5.01 Å². The van der Waals surface area contributed by atoms with E-state index in [2.05, 4.69) is 37.3 Å². The maximum atomic E-state index is 11.5. The lowest BCUT2D eigenvalue weighted by Gasteiger charge is -2.37. The predicted octanol–water partition coefficient (Wildman–Crippen LogP) is 2.02. The standard InChI is InChI=1S/C19H22ClN7O2S/c1-9(17(21)29)23-14-5-15(20)22-6-13(14)18-25-26-19(30-18)27-7-11-3-4-12(8-27)16(11)24-10(2)28/h5-6,11-12,16H,1,3-4,7-8H2,2H3,(H2,21,29)(H,22,23)(H,24,28)/t11-,12+,16+. The van der Waals surface area contributed by atoms with Crippen molar-refractivity contribution in [1.29, 1.82) is 0 Å². The molecule has 2 aliphatic rings. The van der Waals surface area contributed by atoms with E-state index >= 15 is 0 Å². The molecule has 9 nitrogen and oxygen atoms in total. The van der Waals surface area contributed by atoms with Gasteiger partial charge in [-0.05, 0) is 30.7 Å². The molecule has 0 aromatic carbocycles. The number of anilines is 2. The fourth-order valence-electron chi connectivity index (χ4n) is 4.23. The molecule has 2 aromatic heterocycles. The van der Waals surface area contributed by atoms with Crippen molar-refractivity contribution < 1.29 is 9.59 Å². The van der Waals surface area contributed by atoms with Crippen molar-refractivity contribution in [1.82, 2.24) is 20.5 Å². The third-order valence-corrected chi connectivity index (χ3v) is 6.80. The van der Waals surface area contributed by atoms with Gasteiger partial charge in [-0.15, -0.1) is 10.2 Å². The number of carbonyl (C=O) groups is 2. The summed E-state index contributed by atoms with van der Waals surface area (Å²) in [5, 5.41) is 16.4. The van der Waals surface area contributed by atoms with Gasteiger partial charge in [0, 0.05) is 32.3 Å². The van der Waals surface area contributed by atoms with Crippen LogP contribution in [0, 0.1) is 11.8 Å².